The van der Waals surface area contributed by atoms with Gasteiger partial charge in [-0.15, -0.1) is 0 Å². The Balaban J connectivity index is 3.52. The summed E-state index contributed by atoms with van der Waals surface area (Å²) >= 11 is 0. The van der Waals surface area contributed by atoms with Gasteiger partial charge in [-0.3, -0.25) is 4.79 Å². The highest BCUT2D eigenvalue weighted by Gasteiger charge is 2.08. The summed E-state index contributed by atoms with van der Waals surface area (Å²) in [6, 6.07) is 0.0989. The number of nitrogens with two attached hydrogens (primary N) is 1. The zero-order chi connectivity index (χ0) is 9.40. The molecule has 0 radical (unpaired) electrons. The summed E-state index contributed by atoms with van der Waals surface area (Å²) in [7, 11) is 1.81. The van der Waals surface area contributed by atoms with Gasteiger partial charge >= 0.3 is 0 Å². The third-order valence-corrected chi connectivity index (χ3v) is 1.70. The fraction of sp³-hybridized carbons (Fsp3) is 0.875. The summed E-state index contributed by atoms with van der Waals surface area (Å²) < 4.78 is 0. The smallest absolute Gasteiger partial charge is 0.221 e. The van der Waals surface area contributed by atoms with Crippen molar-refractivity contribution in [3.8, 4) is 0 Å². The molecule has 0 heterocycles. The van der Waals surface area contributed by atoms with Crippen LogP contribution in [0, 0.1) is 0 Å². The highest BCUT2D eigenvalue weighted by atomic mass is 16.1. The van der Waals surface area contributed by atoms with Gasteiger partial charge < -0.3 is 16.4 Å². The van der Waals surface area contributed by atoms with Gasteiger partial charge in [0.2, 0.25) is 5.91 Å². The molecule has 0 aliphatic heterocycles. The lowest BCUT2D eigenvalue weighted by atomic mass is 10.2. The molecular formula is C8H19N3O. The monoisotopic (exact) mass is 173 g/mol. The van der Waals surface area contributed by atoms with E-state index in [1.165, 1.54) is 0 Å². The van der Waals surface area contributed by atoms with Gasteiger partial charge in [-0.25, -0.2) is 0 Å². The molecule has 0 fully saturated rings. The second kappa shape index (κ2) is 7.06. The maximum atomic E-state index is 11.1. The third kappa shape index (κ3) is 5.09. The second-order valence-electron chi connectivity index (χ2n) is 2.78. The summed E-state index contributed by atoms with van der Waals surface area (Å²) in [5.74, 6) is 0.0710. The minimum Gasteiger partial charge on any atom is -0.356 e. The number of amides is 1. The first-order valence-electron chi connectivity index (χ1n) is 4.38. The van der Waals surface area contributed by atoms with Gasteiger partial charge in [-0.1, -0.05) is 6.92 Å². The quantitative estimate of drug-likeness (QED) is 0.505. The standard InChI is InChI=1S/C8H19N3O/c1-3-4-11-8(12)5-7(6-9)10-2/h7,10H,3-6,9H2,1-2H3,(H,11,12). The van der Waals surface area contributed by atoms with Gasteiger partial charge in [0.1, 0.15) is 0 Å². The maximum Gasteiger partial charge on any atom is 0.221 e. The highest BCUT2D eigenvalue weighted by molar-refractivity contribution is 5.76. The van der Waals surface area contributed by atoms with Crippen LogP contribution in [-0.4, -0.2) is 32.1 Å². The normalized spacial score (nSPS) is 12.6. The SMILES string of the molecule is CCCNC(=O)CC(CN)NC. The van der Waals surface area contributed by atoms with Crippen molar-refractivity contribution in [1.29, 1.82) is 0 Å². The van der Waals surface area contributed by atoms with Gasteiger partial charge in [-0.05, 0) is 13.5 Å². The summed E-state index contributed by atoms with van der Waals surface area (Å²) in [5, 5.41) is 5.77. The first-order valence-corrected chi connectivity index (χ1v) is 4.38. The van der Waals surface area contributed by atoms with Crippen molar-refractivity contribution in [3.63, 3.8) is 0 Å². The molecule has 4 heteroatoms. The van der Waals surface area contributed by atoms with Crippen LogP contribution >= 0.6 is 0 Å². The van der Waals surface area contributed by atoms with Crippen molar-refractivity contribution in [3.05, 3.63) is 0 Å². The molecule has 0 rings (SSSR count). The lowest BCUT2D eigenvalue weighted by Gasteiger charge is -2.12. The molecular weight excluding hydrogens is 154 g/mol. The van der Waals surface area contributed by atoms with Gasteiger partial charge in [0.15, 0.2) is 0 Å². The van der Waals surface area contributed by atoms with Gasteiger partial charge in [0, 0.05) is 25.6 Å². The molecule has 4 N–H and O–H groups in total. The number of likely N-dealkylation sites (N-methyl/N-ethyl adjacent to an activating group) is 1. The molecule has 0 aromatic heterocycles. The van der Waals surface area contributed by atoms with Crippen LogP contribution in [0.15, 0.2) is 0 Å². The largest absolute Gasteiger partial charge is 0.356 e. The van der Waals surface area contributed by atoms with E-state index >= 15 is 0 Å². The molecule has 0 bridgehead atoms. The molecule has 12 heavy (non-hydrogen) atoms. The van der Waals surface area contributed by atoms with Crippen LogP contribution in [0.3, 0.4) is 0 Å². The summed E-state index contributed by atoms with van der Waals surface area (Å²) in [6.07, 6.45) is 1.44. The molecule has 1 unspecified atom stereocenters. The van der Waals surface area contributed by atoms with Crippen molar-refractivity contribution in [2.75, 3.05) is 20.1 Å². The van der Waals surface area contributed by atoms with Crippen LogP contribution in [0.25, 0.3) is 0 Å². The molecule has 0 aromatic carbocycles. The maximum absolute atomic E-state index is 11.1. The minimum absolute atomic E-state index is 0.0710. The summed E-state index contributed by atoms with van der Waals surface area (Å²) in [5.41, 5.74) is 5.42. The van der Waals surface area contributed by atoms with Gasteiger partial charge in [0.25, 0.3) is 0 Å². The lowest BCUT2D eigenvalue weighted by Crippen LogP contribution is -2.38. The van der Waals surface area contributed by atoms with E-state index in [2.05, 4.69) is 10.6 Å². The molecule has 0 spiro atoms. The molecule has 4 nitrogen and oxygen atoms in total. The predicted molar refractivity (Wildman–Crippen MR) is 49.8 cm³/mol. The Hall–Kier alpha value is -0.610. The van der Waals surface area contributed by atoms with Crippen LogP contribution in [0.5, 0.6) is 0 Å². The molecule has 0 saturated carbocycles. The average molecular weight is 173 g/mol. The molecule has 1 atom stereocenters. The van der Waals surface area contributed by atoms with E-state index in [0.717, 1.165) is 13.0 Å². The highest BCUT2D eigenvalue weighted by Crippen LogP contribution is 1.88. The Morgan fingerprint density at radius 2 is 2.25 bits per heavy atom. The van der Waals surface area contributed by atoms with Crippen molar-refractivity contribution < 1.29 is 4.79 Å². The number of rotatable bonds is 6. The van der Waals surface area contributed by atoms with E-state index in [1.54, 1.807) is 0 Å². The average Bonchev–Trinajstić information content (AvgIpc) is 2.10. The summed E-state index contributed by atoms with van der Waals surface area (Å²) in [4.78, 5) is 11.1. The third-order valence-electron chi connectivity index (χ3n) is 1.70. The molecule has 0 aliphatic rings. The second-order valence-corrected chi connectivity index (χ2v) is 2.78. The van der Waals surface area contributed by atoms with E-state index in [0.29, 0.717) is 13.0 Å². The van der Waals surface area contributed by atoms with Crippen molar-refractivity contribution >= 4 is 5.91 Å². The van der Waals surface area contributed by atoms with Crippen LogP contribution in [-0.2, 0) is 4.79 Å². The van der Waals surface area contributed by atoms with Crippen molar-refractivity contribution in [1.82, 2.24) is 10.6 Å². The fourth-order valence-corrected chi connectivity index (χ4v) is 0.864. The zero-order valence-electron chi connectivity index (χ0n) is 7.89. The van der Waals surface area contributed by atoms with E-state index in [1.807, 2.05) is 14.0 Å². The Labute approximate surface area is 73.9 Å². The number of hydrogen-bond acceptors (Lipinski definition) is 3. The topological polar surface area (TPSA) is 67.2 Å². The number of carbonyl (C=O) groups excluding carboxylic acids is 1. The first-order chi connectivity index (χ1) is 5.74. The molecule has 0 aromatic rings. The lowest BCUT2D eigenvalue weighted by molar-refractivity contribution is -0.121. The van der Waals surface area contributed by atoms with Crippen LogP contribution in [0.2, 0.25) is 0 Å². The van der Waals surface area contributed by atoms with Crippen LogP contribution in [0.1, 0.15) is 19.8 Å². The number of carbonyl (C=O) groups is 1. The number of hydrogen-bond donors (Lipinski definition) is 3. The fourth-order valence-electron chi connectivity index (χ4n) is 0.864. The number of nitrogens with one attached hydrogen (secondary N) is 2. The molecule has 0 aliphatic carbocycles. The van der Waals surface area contributed by atoms with E-state index in [4.69, 9.17) is 5.73 Å². The zero-order valence-corrected chi connectivity index (χ0v) is 7.89. The Morgan fingerprint density at radius 3 is 2.67 bits per heavy atom. The van der Waals surface area contributed by atoms with Gasteiger partial charge in [0.05, 0.1) is 0 Å². The van der Waals surface area contributed by atoms with E-state index in [9.17, 15) is 4.79 Å². The molecule has 0 saturated heterocycles. The molecule has 72 valence electrons. The molecule has 1 amide bonds. The minimum atomic E-state index is 0.0710. The Morgan fingerprint density at radius 1 is 1.58 bits per heavy atom. The summed E-state index contributed by atoms with van der Waals surface area (Å²) in [6.45, 7) is 3.27. The predicted octanol–water partition coefficient (Wildman–Crippen LogP) is -0.551. The Kier molecular flexibility index (Phi) is 6.70. The van der Waals surface area contributed by atoms with E-state index < -0.39 is 0 Å². The Bertz CT molecular complexity index is 123. The van der Waals surface area contributed by atoms with Crippen molar-refractivity contribution in [2.24, 2.45) is 5.73 Å². The van der Waals surface area contributed by atoms with Crippen LogP contribution in [0.4, 0.5) is 0 Å². The van der Waals surface area contributed by atoms with E-state index in [-0.39, 0.29) is 11.9 Å². The van der Waals surface area contributed by atoms with Crippen LogP contribution < -0.4 is 16.4 Å². The van der Waals surface area contributed by atoms with Gasteiger partial charge in [-0.2, -0.15) is 0 Å². The van der Waals surface area contributed by atoms with Crippen molar-refractivity contribution in [2.45, 2.75) is 25.8 Å². The first kappa shape index (κ1) is 11.4.